The van der Waals surface area contributed by atoms with Crippen molar-refractivity contribution in [3.8, 4) is 5.75 Å². The molecule has 3 heteroatoms. The molecular weight excluding hydrogens is 338 g/mol. The van der Waals surface area contributed by atoms with Crippen LogP contribution in [0.15, 0.2) is 83.8 Å². The highest BCUT2D eigenvalue weighted by molar-refractivity contribution is 7.98. The van der Waals surface area contributed by atoms with Gasteiger partial charge in [0.25, 0.3) is 0 Å². The van der Waals surface area contributed by atoms with Crippen LogP contribution < -0.4 is 10.5 Å². The third-order valence-electron chi connectivity index (χ3n) is 4.21. The molecular formula is C23H25NOS. The van der Waals surface area contributed by atoms with Gasteiger partial charge in [0.2, 0.25) is 0 Å². The van der Waals surface area contributed by atoms with Gasteiger partial charge in [0.05, 0.1) is 6.61 Å². The van der Waals surface area contributed by atoms with Crippen molar-refractivity contribution in [1.82, 2.24) is 0 Å². The molecule has 0 atom stereocenters. The van der Waals surface area contributed by atoms with E-state index in [2.05, 4.69) is 60.7 Å². The van der Waals surface area contributed by atoms with Gasteiger partial charge in [-0.1, -0.05) is 54.6 Å². The number of rotatable bonds is 9. The van der Waals surface area contributed by atoms with E-state index in [0.29, 0.717) is 0 Å². The Labute approximate surface area is 160 Å². The van der Waals surface area contributed by atoms with Crippen LogP contribution in [0.25, 0.3) is 0 Å². The standard InChI is InChI=1S/C23H25NOS/c24-22-11-4-5-12-23(22)26-18-20-13-15-21(16-14-20)25-17-7-6-10-19-8-2-1-3-9-19/h1-5,8-9,11-16H,6-7,10,17-18,24H2. The molecule has 0 amide bonds. The number of benzene rings is 3. The molecule has 0 spiro atoms. The summed E-state index contributed by atoms with van der Waals surface area (Å²) in [5.74, 6) is 1.85. The molecule has 26 heavy (non-hydrogen) atoms. The summed E-state index contributed by atoms with van der Waals surface area (Å²) in [5.41, 5.74) is 9.49. The lowest BCUT2D eigenvalue weighted by Crippen LogP contribution is -1.98. The van der Waals surface area contributed by atoms with E-state index in [0.717, 1.165) is 48.0 Å². The Bertz CT molecular complexity index is 787. The van der Waals surface area contributed by atoms with E-state index in [-0.39, 0.29) is 0 Å². The van der Waals surface area contributed by atoms with Crippen LogP contribution in [0.5, 0.6) is 5.75 Å². The van der Waals surface area contributed by atoms with E-state index in [1.807, 2.05) is 18.2 Å². The summed E-state index contributed by atoms with van der Waals surface area (Å²) in [6.07, 6.45) is 3.33. The Hall–Kier alpha value is -2.39. The summed E-state index contributed by atoms with van der Waals surface area (Å²) in [6.45, 7) is 0.765. The van der Waals surface area contributed by atoms with Crippen molar-refractivity contribution < 1.29 is 4.74 Å². The fourth-order valence-electron chi connectivity index (χ4n) is 2.72. The van der Waals surface area contributed by atoms with Crippen LogP contribution in [0.2, 0.25) is 0 Å². The second kappa shape index (κ2) is 9.93. The summed E-state index contributed by atoms with van der Waals surface area (Å²) in [5, 5.41) is 0. The molecule has 0 aliphatic carbocycles. The van der Waals surface area contributed by atoms with Gasteiger partial charge in [0.1, 0.15) is 5.75 Å². The van der Waals surface area contributed by atoms with Gasteiger partial charge in [-0.15, -0.1) is 11.8 Å². The van der Waals surface area contributed by atoms with Crippen LogP contribution in [0, 0.1) is 0 Å². The lowest BCUT2D eigenvalue weighted by Gasteiger charge is -2.08. The first-order valence-electron chi connectivity index (χ1n) is 9.04. The molecule has 0 bridgehead atoms. The van der Waals surface area contributed by atoms with Crippen molar-refractivity contribution in [2.75, 3.05) is 12.3 Å². The molecule has 0 aromatic heterocycles. The SMILES string of the molecule is Nc1ccccc1SCc1ccc(OCCCCc2ccccc2)cc1. The van der Waals surface area contributed by atoms with E-state index >= 15 is 0 Å². The number of para-hydroxylation sites is 1. The normalized spacial score (nSPS) is 10.6. The molecule has 0 radical (unpaired) electrons. The number of unbranched alkanes of at least 4 members (excludes halogenated alkanes) is 1. The second-order valence-corrected chi connectivity index (χ2v) is 7.28. The van der Waals surface area contributed by atoms with Crippen molar-refractivity contribution in [1.29, 1.82) is 0 Å². The minimum Gasteiger partial charge on any atom is -0.494 e. The molecule has 134 valence electrons. The third kappa shape index (κ3) is 5.85. The highest BCUT2D eigenvalue weighted by Crippen LogP contribution is 2.28. The number of anilines is 1. The number of nitrogens with two attached hydrogens (primary N) is 1. The first kappa shape index (κ1) is 18.4. The summed E-state index contributed by atoms with van der Waals surface area (Å²) in [7, 11) is 0. The van der Waals surface area contributed by atoms with Gasteiger partial charge in [-0.3, -0.25) is 0 Å². The van der Waals surface area contributed by atoms with Crippen LogP contribution in [0.3, 0.4) is 0 Å². The molecule has 0 saturated carbocycles. The molecule has 2 N–H and O–H groups in total. The van der Waals surface area contributed by atoms with Crippen molar-refractivity contribution in [2.24, 2.45) is 0 Å². The molecule has 0 aliphatic rings. The largest absolute Gasteiger partial charge is 0.494 e. The van der Waals surface area contributed by atoms with Gasteiger partial charge in [-0.05, 0) is 54.7 Å². The van der Waals surface area contributed by atoms with Gasteiger partial charge in [0, 0.05) is 16.3 Å². The first-order chi connectivity index (χ1) is 12.8. The van der Waals surface area contributed by atoms with E-state index in [1.165, 1.54) is 11.1 Å². The maximum atomic E-state index is 5.98. The van der Waals surface area contributed by atoms with Gasteiger partial charge in [0.15, 0.2) is 0 Å². The van der Waals surface area contributed by atoms with Gasteiger partial charge < -0.3 is 10.5 Å². The zero-order chi connectivity index (χ0) is 18.0. The van der Waals surface area contributed by atoms with E-state index in [1.54, 1.807) is 11.8 Å². The minimum absolute atomic E-state index is 0.765. The number of aryl methyl sites for hydroxylation is 1. The quantitative estimate of drug-likeness (QED) is 0.289. The van der Waals surface area contributed by atoms with E-state index in [9.17, 15) is 0 Å². The van der Waals surface area contributed by atoms with Crippen molar-refractivity contribution in [3.05, 3.63) is 90.0 Å². The maximum Gasteiger partial charge on any atom is 0.119 e. The fourth-order valence-corrected chi connectivity index (χ4v) is 3.64. The predicted molar refractivity (Wildman–Crippen MR) is 112 cm³/mol. The maximum absolute atomic E-state index is 5.98. The van der Waals surface area contributed by atoms with Crippen LogP contribution >= 0.6 is 11.8 Å². The lowest BCUT2D eigenvalue weighted by molar-refractivity contribution is 0.307. The number of nitrogen functional groups attached to an aromatic ring is 1. The van der Waals surface area contributed by atoms with Crippen LogP contribution in [0.1, 0.15) is 24.0 Å². The zero-order valence-corrected chi connectivity index (χ0v) is 15.8. The number of ether oxygens (including phenoxy) is 1. The summed E-state index contributed by atoms with van der Waals surface area (Å²) in [4.78, 5) is 1.13. The van der Waals surface area contributed by atoms with Gasteiger partial charge >= 0.3 is 0 Å². The Morgan fingerprint density at radius 3 is 2.23 bits per heavy atom. The number of hydrogen-bond acceptors (Lipinski definition) is 3. The van der Waals surface area contributed by atoms with Gasteiger partial charge in [-0.2, -0.15) is 0 Å². The van der Waals surface area contributed by atoms with E-state index < -0.39 is 0 Å². The summed E-state index contributed by atoms with van der Waals surface area (Å²) < 4.78 is 5.85. The Morgan fingerprint density at radius 1 is 0.731 bits per heavy atom. The highest BCUT2D eigenvalue weighted by atomic mass is 32.2. The molecule has 0 fully saturated rings. The second-order valence-electron chi connectivity index (χ2n) is 6.26. The smallest absolute Gasteiger partial charge is 0.119 e. The Balaban J connectivity index is 1.37. The average molecular weight is 364 g/mol. The Morgan fingerprint density at radius 2 is 1.46 bits per heavy atom. The molecule has 0 unspecified atom stereocenters. The molecule has 3 aromatic carbocycles. The monoisotopic (exact) mass is 363 g/mol. The fraction of sp³-hybridized carbons (Fsp3) is 0.217. The molecule has 2 nitrogen and oxygen atoms in total. The number of hydrogen-bond donors (Lipinski definition) is 1. The van der Waals surface area contributed by atoms with Crippen molar-refractivity contribution in [3.63, 3.8) is 0 Å². The van der Waals surface area contributed by atoms with Crippen molar-refractivity contribution >= 4 is 17.4 Å². The number of thioether (sulfide) groups is 1. The topological polar surface area (TPSA) is 35.2 Å². The third-order valence-corrected chi connectivity index (χ3v) is 5.37. The minimum atomic E-state index is 0.765. The van der Waals surface area contributed by atoms with Crippen molar-refractivity contribution in [2.45, 2.75) is 29.9 Å². The molecule has 0 saturated heterocycles. The van der Waals surface area contributed by atoms with Crippen LogP contribution in [-0.2, 0) is 12.2 Å². The lowest BCUT2D eigenvalue weighted by atomic mass is 10.1. The molecule has 3 rings (SSSR count). The zero-order valence-electron chi connectivity index (χ0n) is 14.9. The first-order valence-corrected chi connectivity index (χ1v) is 10.0. The van der Waals surface area contributed by atoms with Crippen LogP contribution in [-0.4, -0.2) is 6.61 Å². The molecule has 3 aromatic rings. The Kier molecular flexibility index (Phi) is 7.03. The molecule has 0 heterocycles. The highest BCUT2D eigenvalue weighted by Gasteiger charge is 2.01. The predicted octanol–water partition coefficient (Wildman–Crippen LogP) is 5.96. The van der Waals surface area contributed by atoms with Gasteiger partial charge in [-0.25, -0.2) is 0 Å². The average Bonchev–Trinajstić information content (AvgIpc) is 2.69. The molecule has 0 aliphatic heterocycles. The van der Waals surface area contributed by atoms with E-state index in [4.69, 9.17) is 10.5 Å². The van der Waals surface area contributed by atoms with Crippen LogP contribution in [0.4, 0.5) is 5.69 Å². The summed E-state index contributed by atoms with van der Waals surface area (Å²) >= 11 is 1.76. The summed E-state index contributed by atoms with van der Waals surface area (Å²) in [6, 6.07) is 27.0.